The predicted octanol–water partition coefficient (Wildman–Crippen LogP) is 3.33. The minimum absolute atomic E-state index is 0.159. The average Bonchev–Trinajstić information content (AvgIpc) is 3.02. The molecule has 0 saturated carbocycles. The monoisotopic (exact) mass is 352 g/mol. The van der Waals surface area contributed by atoms with E-state index in [9.17, 15) is 8.42 Å². The lowest BCUT2D eigenvalue weighted by Gasteiger charge is -2.29. The zero-order valence-electron chi connectivity index (χ0n) is 13.8. The first kappa shape index (κ1) is 18.1. The molecule has 1 unspecified atom stereocenters. The van der Waals surface area contributed by atoms with Crippen LogP contribution in [0.15, 0.2) is 52.1 Å². The standard InChI is InChI=1S/C17H24N2O2S2/c1-14(2)19(13-16-8-5-4-6-9-16)12-15(3)18-23(20,21)17-10-7-11-22-17/h4-11,14-15,18H,12-13H2,1-3H3. The quantitative estimate of drug-likeness (QED) is 0.793. The number of hydrogen-bond acceptors (Lipinski definition) is 4. The molecule has 1 N–H and O–H groups in total. The molecule has 0 fully saturated rings. The van der Waals surface area contributed by atoms with Crippen LogP contribution in [0.1, 0.15) is 26.3 Å². The Balaban J connectivity index is 1.99. The van der Waals surface area contributed by atoms with E-state index >= 15 is 0 Å². The molecule has 0 aliphatic carbocycles. The number of rotatable bonds is 8. The zero-order chi connectivity index (χ0) is 16.9. The zero-order valence-corrected chi connectivity index (χ0v) is 15.4. The number of benzene rings is 1. The van der Waals surface area contributed by atoms with Gasteiger partial charge in [-0.2, -0.15) is 0 Å². The summed E-state index contributed by atoms with van der Waals surface area (Å²) in [5.74, 6) is 0. The Hall–Kier alpha value is -1.21. The van der Waals surface area contributed by atoms with Crippen molar-refractivity contribution in [1.82, 2.24) is 9.62 Å². The number of hydrogen-bond donors (Lipinski definition) is 1. The largest absolute Gasteiger partial charge is 0.295 e. The molecule has 1 heterocycles. The van der Waals surface area contributed by atoms with Crippen LogP contribution >= 0.6 is 11.3 Å². The van der Waals surface area contributed by atoms with Crippen molar-refractivity contribution in [2.45, 2.75) is 43.6 Å². The van der Waals surface area contributed by atoms with E-state index in [-0.39, 0.29) is 6.04 Å². The minimum atomic E-state index is -3.42. The number of sulfonamides is 1. The Morgan fingerprint density at radius 2 is 1.78 bits per heavy atom. The summed E-state index contributed by atoms with van der Waals surface area (Å²) in [4.78, 5) is 2.27. The first-order chi connectivity index (χ1) is 10.9. The van der Waals surface area contributed by atoms with Crippen molar-refractivity contribution in [1.29, 1.82) is 0 Å². The Labute approximate surface area is 143 Å². The topological polar surface area (TPSA) is 49.4 Å². The van der Waals surface area contributed by atoms with E-state index in [0.29, 0.717) is 16.8 Å². The van der Waals surface area contributed by atoms with Gasteiger partial charge < -0.3 is 0 Å². The fourth-order valence-electron chi connectivity index (χ4n) is 2.40. The molecule has 2 rings (SSSR count). The van der Waals surface area contributed by atoms with Crippen molar-refractivity contribution in [3.63, 3.8) is 0 Å². The van der Waals surface area contributed by atoms with Gasteiger partial charge in [0.1, 0.15) is 4.21 Å². The van der Waals surface area contributed by atoms with Crippen molar-refractivity contribution in [2.24, 2.45) is 0 Å². The summed E-state index contributed by atoms with van der Waals surface area (Å²) in [6, 6.07) is 13.8. The maximum absolute atomic E-state index is 12.3. The molecule has 6 heteroatoms. The summed E-state index contributed by atoms with van der Waals surface area (Å²) >= 11 is 1.24. The summed E-state index contributed by atoms with van der Waals surface area (Å²) < 4.78 is 27.7. The van der Waals surface area contributed by atoms with Gasteiger partial charge in [0, 0.05) is 25.2 Å². The van der Waals surface area contributed by atoms with Gasteiger partial charge in [0.05, 0.1) is 0 Å². The van der Waals surface area contributed by atoms with E-state index in [1.165, 1.54) is 16.9 Å². The maximum atomic E-state index is 12.3. The molecule has 1 aromatic heterocycles. The second-order valence-corrected chi connectivity index (χ2v) is 8.85. The Bertz CT molecular complexity index is 683. The lowest BCUT2D eigenvalue weighted by Crippen LogP contribution is -2.43. The van der Waals surface area contributed by atoms with Gasteiger partial charge in [-0.05, 0) is 37.8 Å². The van der Waals surface area contributed by atoms with Crippen LogP contribution in [0.4, 0.5) is 0 Å². The van der Waals surface area contributed by atoms with Crippen molar-refractivity contribution < 1.29 is 8.42 Å². The van der Waals surface area contributed by atoms with Gasteiger partial charge >= 0.3 is 0 Å². The lowest BCUT2D eigenvalue weighted by atomic mass is 10.1. The molecule has 0 aliphatic heterocycles. The molecule has 2 aromatic rings. The summed E-state index contributed by atoms with van der Waals surface area (Å²) in [6.07, 6.45) is 0. The summed E-state index contributed by atoms with van der Waals surface area (Å²) in [5, 5.41) is 1.77. The van der Waals surface area contributed by atoms with Gasteiger partial charge in [-0.15, -0.1) is 11.3 Å². The first-order valence-corrected chi connectivity index (χ1v) is 10.1. The third-order valence-electron chi connectivity index (χ3n) is 3.58. The number of nitrogens with zero attached hydrogens (tertiary/aromatic N) is 1. The fourth-order valence-corrected chi connectivity index (χ4v) is 4.65. The molecule has 23 heavy (non-hydrogen) atoms. The van der Waals surface area contributed by atoms with Gasteiger partial charge in [0.25, 0.3) is 0 Å². The Kier molecular flexibility index (Phi) is 6.35. The van der Waals surface area contributed by atoms with Gasteiger partial charge in [-0.25, -0.2) is 13.1 Å². The van der Waals surface area contributed by atoms with Crippen LogP contribution in [0, 0.1) is 0 Å². The number of nitrogens with one attached hydrogen (secondary N) is 1. The molecule has 0 saturated heterocycles. The molecular weight excluding hydrogens is 328 g/mol. The van der Waals surface area contributed by atoms with Crippen molar-refractivity contribution in [3.05, 3.63) is 53.4 Å². The normalized spacial score (nSPS) is 13.6. The lowest BCUT2D eigenvalue weighted by molar-refractivity contribution is 0.199. The van der Waals surface area contributed by atoms with E-state index in [4.69, 9.17) is 0 Å². The van der Waals surface area contributed by atoms with Crippen LogP contribution in [0.2, 0.25) is 0 Å². The molecular formula is C17H24N2O2S2. The van der Waals surface area contributed by atoms with Gasteiger partial charge in [-0.1, -0.05) is 36.4 Å². The molecule has 0 spiro atoms. The second-order valence-electron chi connectivity index (χ2n) is 5.96. The van der Waals surface area contributed by atoms with Crippen LogP contribution in [0.3, 0.4) is 0 Å². The second kappa shape index (κ2) is 8.06. The van der Waals surface area contributed by atoms with Crippen LogP contribution < -0.4 is 4.72 Å². The van der Waals surface area contributed by atoms with Crippen molar-refractivity contribution in [3.8, 4) is 0 Å². The van der Waals surface area contributed by atoms with E-state index in [1.807, 2.05) is 25.1 Å². The predicted molar refractivity (Wildman–Crippen MR) is 96.1 cm³/mol. The molecule has 0 aliphatic rings. The highest BCUT2D eigenvalue weighted by atomic mass is 32.2. The van der Waals surface area contributed by atoms with E-state index in [0.717, 1.165) is 6.54 Å². The first-order valence-electron chi connectivity index (χ1n) is 7.72. The molecule has 1 atom stereocenters. The third-order valence-corrected chi connectivity index (χ3v) is 6.57. The summed E-state index contributed by atoms with van der Waals surface area (Å²) in [6.45, 7) is 7.64. The van der Waals surface area contributed by atoms with Crippen LogP contribution in [0.5, 0.6) is 0 Å². The van der Waals surface area contributed by atoms with Crippen LogP contribution in [-0.4, -0.2) is 31.9 Å². The highest BCUT2D eigenvalue weighted by Crippen LogP contribution is 2.16. The summed E-state index contributed by atoms with van der Waals surface area (Å²) in [5.41, 5.74) is 1.23. The fraction of sp³-hybridized carbons (Fsp3) is 0.412. The van der Waals surface area contributed by atoms with E-state index in [2.05, 4.69) is 35.6 Å². The van der Waals surface area contributed by atoms with Crippen LogP contribution in [0.25, 0.3) is 0 Å². The highest BCUT2D eigenvalue weighted by molar-refractivity contribution is 7.91. The Morgan fingerprint density at radius 1 is 1.09 bits per heavy atom. The van der Waals surface area contributed by atoms with E-state index < -0.39 is 10.0 Å². The average molecular weight is 353 g/mol. The Morgan fingerprint density at radius 3 is 2.35 bits per heavy atom. The maximum Gasteiger partial charge on any atom is 0.250 e. The van der Waals surface area contributed by atoms with Gasteiger partial charge in [0.2, 0.25) is 10.0 Å². The van der Waals surface area contributed by atoms with Crippen LogP contribution in [-0.2, 0) is 16.6 Å². The molecule has 0 radical (unpaired) electrons. The molecule has 0 bridgehead atoms. The molecule has 1 aromatic carbocycles. The van der Waals surface area contributed by atoms with Crippen molar-refractivity contribution >= 4 is 21.4 Å². The smallest absolute Gasteiger partial charge is 0.250 e. The molecule has 4 nitrogen and oxygen atoms in total. The van der Waals surface area contributed by atoms with Gasteiger partial charge in [-0.3, -0.25) is 4.90 Å². The van der Waals surface area contributed by atoms with Gasteiger partial charge in [0.15, 0.2) is 0 Å². The minimum Gasteiger partial charge on any atom is -0.295 e. The highest BCUT2D eigenvalue weighted by Gasteiger charge is 2.21. The van der Waals surface area contributed by atoms with E-state index in [1.54, 1.807) is 17.5 Å². The SMILES string of the molecule is CC(CN(Cc1ccccc1)C(C)C)NS(=O)(=O)c1cccs1. The van der Waals surface area contributed by atoms with Crippen molar-refractivity contribution in [2.75, 3.05) is 6.54 Å². The molecule has 0 amide bonds. The third kappa shape index (κ3) is 5.42. The number of thiophene rings is 1. The molecule has 126 valence electrons. The summed E-state index contributed by atoms with van der Waals surface area (Å²) in [7, 11) is -3.42.